The lowest BCUT2D eigenvalue weighted by molar-refractivity contribution is -0.137. The van der Waals surface area contributed by atoms with E-state index in [0.717, 1.165) is 18.4 Å². The largest absolute Gasteiger partial charge is 0.416 e. The maximum Gasteiger partial charge on any atom is 0.416 e. The summed E-state index contributed by atoms with van der Waals surface area (Å²) in [6, 6.07) is 5.22. The summed E-state index contributed by atoms with van der Waals surface area (Å²) in [5.41, 5.74) is 0.0392. The lowest BCUT2D eigenvalue weighted by Crippen LogP contribution is -2.04. The molecule has 1 nitrogen and oxygen atoms in total. The highest BCUT2D eigenvalue weighted by molar-refractivity contribution is 5.44. The van der Waals surface area contributed by atoms with Gasteiger partial charge in [0.25, 0.3) is 0 Å². The molecule has 0 radical (unpaired) electrons. The second-order valence-electron chi connectivity index (χ2n) is 2.60. The maximum absolute atomic E-state index is 12.0. The van der Waals surface area contributed by atoms with Crippen LogP contribution in [0.25, 0.3) is 0 Å². The van der Waals surface area contributed by atoms with Crippen LogP contribution < -0.4 is 0 Å². The molecule has 0 atom stereocenters. The fourth-order valence-electron chi connectivity index (χ4n) is 0.821. The zero-order chi connectivity index (χ0) is 13.2. The number of carbonyl (C=O) groups is 1. The number of aryl methyl sites for hydroxylation is 1. The van der Waals surface area contributed by atoms with Gasteiger partial charge in [0.1, 0.15) is 6.29 Å². The summed E-state index contributed by atoms with van der Waals surface area (Å²) >= 11 is 0. The fraction of sp³-hybridized carbons (Fsp3) is 0.417. The molecule has 0 bridgehead atoms. The zero-order valence-corrected chi connectivity index (χ0v) is 9.93. The van der Waals surface area contributed by atoms with Gasteiger partial charge in [-0.15, -0.1) is 0 Å². The van der Waals surface area contributed by atoms with Crippen molar-refractivity contribution in [2.75, 3.05) is 0 Å². The van der Waals surface area contributed by atoms with Gasteiger partial charge in [-0.2, -0.15) is 13.2 Å². The molecule has 0 aliphatic carbocycles. The van der Waals surface area contributed by atoms with Gasteiger partial charge >= 0.3 is 6.18 Å². The first-order valence-electron chi connectivity index (χ1n) is 4.95. The van der Waals surface area contributed by atoms with Crippen molar-refractivity contribution in [2.45, 2.75) is 33.9 Å². The van der Waals surface area contributed by atoms with Crippen LogP contribution in [0.4, 0.5) is 13.2 Å². The van der Waals surface area contributed by atoms with E-state index in [2.05, 4.69) is 0 Å². The van der Waals surface area contributed by atoms with Crippen molar-refractivity contribution in [1.82, 2.24) is 0 Å². The predicted molar refractivity (Wildman–Crippen MR) is 59.3 cm³/mol. The highest BCUT2D eigenvalue weighted by Crippen LogP contribution is 2.29. The average molecular weight is 234 g/mol. The summed E-state index contributed by atoms with van der Waals surface area (Å²) in [7, 11) is 0. The number of aldehydes is 1. The minimum absolute atomic E-state index is 0.586. The van der Waals surface area contributed by atoms with Crippen LogP contribution in [-0.4, -0.2) is 6.29 Å². The van der Waals surface area contributed by atoms with Gasteiger partial charge < -0.3 is 4.79 Å². The summed E-state index contributed by atoms with van der Waals surface area (Å²) in [5, 5.41) is 0. The molecule has 0 saturated carbocycles. The summed E-state index contributed by atoms with van der Waals surface area (Å²) in [6.07, 6.45) is -3.47. The Bertz CT molecular complexity index is 293. The maximum atomic E-state index is 12.0. The lowest BCUT2D eigenvalue weighted by Gasteiger charge is -2.05. The van der Waals surface area contributed by atoms with Crippen molar-refractivity contribution in [3.63, 3.8) is 0 Å². The number of halogens is 3. The second kappa shape index (κ2) is 8.95. The first kappa shape index (κ1) is 17.1. The van der Waals surface area contributed by atoms with Crippen molar-refractivity contribution in [1.29, 1.82) is 0 Å². The summed E-state index contributed by atoms with van der Waals surface area (Å²) in [5.74, 6) is 0. The van der Waals surface area contributed by atoms with E-state index in [-0.39, 0.29) is 0 Å². The van der Waals surface area contributed by atoms with E-state index in [1.165, 1.54) is 13.0 Å². The third-order valence-electron chi connectivity index (χ3n) is 1.35. The highest BCUT2D eigenvalue weighted by Gasteiger charge is 2.29. The van der Waals surface area contributed by atoms with Crippen molar-refractivity contribution >= 4 is 6.29 Å². The fourth-order valence-corrected chi connectivity index (χ4v) is 0.821. The summed E-state index contributed by atoms with van der Waals surface area (Å²) in [4.78, 5) is 8.81. The van der Waals surface area contributed by atoms with Crippen LogP contribution in [0.2, 0.25) is 0 Å². The molecule has 0 spiro atoms. The van der Waals surface area contributed by atoms with Crippen LogP contribution in [0.1, 0.15) is 31.9 Å². The molecule has 1 aromatic carbocycles. The Kier molecular flexibility index (Phi) is 9.55. The topological polar surface area (TPSA) is 17.1 Å². The lowest BCUT2D eigenvalue weighted by atomic mass is 10.1. The van der Waals surface area contributed by atoms with Crippen LogP contribution in [0, 0.1) is 6.92 Å². The Morgan fingerprint density at radius 3 is 1.88 bits per heavy atom. The smallest absolute Gasteiger partial charge is 0.304 e. The SMILES string of the molecule is CC.CC=O.Cc1cccc(C(F)(F)F)c1. The van der Waals surface area contributed by atoms with Crippen molar-refractivity contribution in [3.05, 3.63) is 35.4 Å². The number of hydrogen-bond donors (Lipinski definition) is 0. The normalized spacial score (nSPS) is 9.19. The molecule has 0 aliphatic heterocycles. The molecule has 0 heterocycles. The molecule has 4 heteroatoms. The summed E-state index contributed by atoms with van der Waals surface area (Å²) in [6.45, 7) is 7.08. The first-order chi connectivity index (χ1) is 7.41. The Morgan fingerprint density at radius 2 is 1.62 bits per heavy atom. The van der Waals surface area contributed by atoms with Crippen LogP contribution in [0.3, 0.4) is 0 Å². The molecule has 92 valence electrons. The first-order valence-corrected chi connectivity index (χ1v) is 4.95. The second-order valence-corrected chi connectivity index (χ2v) is 2.60. The van der Waals surface area contributed by atoms with Gasteiger partial charge in [0.05, 0.1) is 5.56 Å². The van der Waals surface area contributed by atoms with Gasteiger partial charge in [-0.3, -0.25) is 0 Å². The van der Waals surface area contributed by atoms with Crippen LogP contribution in [-0.2, 0) is 11.0 Å². The number of alkyl halides is 3. The minimum atomic E-state index is -4.22. The van der Waals surface area contributed by atoms with Gasteiger partial charge in [0, 0.05) is 0 Å². The molecule has 0 amide bonds. The van der Waals surface area contributed by atoms with E-state index >= 15 is 0 Å². The van der Waals surface area contributed by atoms with Gasteiger partial charge in [-0.1, -0.05) is 37.6 Å². The molecular formula is C12H17F3O. The molecule has 0 unspecified atom stereocenters. The number of carbonyl (C=O) groups excluding carboxylic acids is 1. The Labute approximate surface area is 94.3 Å². The van der Waals surface area contributed by atoms with Gasteiger partial charge in [0.2, 0.25) is 0 Å². The molecule has 0 N–H and O–H groups in total. The van der Waals surface area contributed by atoms with Crippen molar-refractivity contribution in [3.8, 4) is 0 Å². The minimum Gasteiger partial charge on any atom is -0.304 e. The third-order valence-corrected chi connectivity index (χ3v) is 1.35. The van der Waals surface area contributed by atoms with E-state index in [4.69, 9.17) is 4.79 Å². The molecule has 0 fully saturated rings. The molecule has 0 aliphatic rings. The van der Waals surface area contributed by atoms with Gasteiger partial charge in [-0.25, -0.2) is 0 Å². The van der Waals surface area contributed by atoms with E-state index in [0.29, 0.717) is 5.56 Å². The number of benzene rings is 1. The molecule has 1 aromatic rings. The van der Waals surface area contributed by atoms with Crippen LogP contribution in [0.5, 0.6) is 0 Å². The third kappa shape index (κ3) is 8.03. The Balaban J connectivity index is 0. The molecule has 0 saturated heterocycles. The highest BCUT2D eigenvalue weighted by atomic mass is 19.4. The molecule has 1 rings (SSSR count). The van der Waals surface area contributed by atoms with Crippen molar-refractivity contribution in [2.24, 2.45) is 0 Å². The van der Waals surface area contributed by atoms with Gasteiger partial charge in [-0.05, 0) is 19.9 Å². The van der Waals surface area contributed by atoms with E-state index in [1.807, 2.05) is 13.8 Å². The van der Waals surface area contributed by atoms with Gasteiger partial charge in [0.15, 0.2) is 0 Å². The van der Waals surface area contributed by atoms with E-state index in [1.54, 1.807) is 13.0 Å². The summed E-state index contributed by atoms with van der Waals surface area (Å²) < 4.78 is 35.9. The van der Waals surface area contributed by atoms with Crippen LogP contribution in [0.15, 0.2) is 24.3 Å². The molecule has 16 heavy (non-hydrogen) atoms. The number of hydrogen-bond acceptors (Lipinski definition) is 1. The standard InChI is InChI=1S/C8H7F3.C2H4O.C2H6/c1-6-3-2-4-7(5-6)8(9,10)11;1-2-3;1-2/h2-5H,1H3;2H,1H3;1-2H3. The Morgan fingerprint density at radius 1 is 1.19 bits per heavy atom. The van der Waals surface area contributed by atoms with Crippen molar-refractivity contribution < 1.29 is 18.0 Å². The Hall–Kier alpha value is -1.32. The monoisotopic (exact) mass is 234 g/mol. The van der Waals surface area contributed by atoms with E-state index in [9.17, 15) is 13.2 Å². The number of rotatable bonds is 0. The zero-order valence-electron chi connectivity index (χ0n) is 9.93. The average Bonchev–Trinajstić information content (AvgIpc) is 2.21. The van der Waals surface area contributed by atoms with E-state index < -0.39 is 11.7 Å². The molecule has 0 aromatic heterocycles. The molecular weight excluding hydrogens is 217 g/mol. The quantitative estimate of drug-likeness (QED) is 0.613. The predicted octanol–water partition coefficient (Wildman–Crippen LogP) is 4.25. The van der Waals surface area contributed by atoms with Crippen LogP contribution >= 0.6 is 0 Å².